The van der Waals surface area contributed by atoms with Gasteiger partial charge >= 0.3 is 5.97 Å². The Labute approximate surface area is 174 Å². The van der Waals surface area contributed by atoms with Crippen LogP contribution in [0.1, 0.15) is 50.8 Å². The molecule has 1 heterocycles. The quantitative estimate of drug-likeness (QED) is 0.709. The van der Waals surface area contributed by atoms with Crippen molar-refractivity contribution in [1.29, 1.82) is 0 Å². The monoisotopic (exact) mass is 414 g/mol. The molecular weight excluding hydrogens is 388 g/mol. The zero-order valence-corrected chi connectivity index (χ0v) is 17.8. The maximum Gasteiger partial charge on any atom is 0.310 e. The normalized spacial score (nSPS) is 15.5. The van der Waals surface area contributed by atoms with E-state index in [9.17, 15) is 14.4 Å². The fourth-order valence-corrected chi connectivity index (χ4v) is 4.97. The number of primary amides is 1. The van der Waals surface area contributed by atoms with E-state index in [0.29, 0.717) is 16.5 Å². The summed E-state index contributed by atoms with van der Waals surface area (Å²) in [6, 6.07) is 5.77. The van der Waals surface area contributed by atoms with Gasteiger partial charge in [-0.2, -0.15) is 0 Å². The van der Waals surface area contributed by atoms with Crippen LogP contribution in [0.25, 0.3) is 0 Å². The highest BCUT2D eigenvalue weighted by Crippen LogP contribution is 2.39. The van der Waals surface area contributed by atoms with E-state index in [4.69, 9.17) is 10.5 Å². The van der Waals surface area contributed by atoms with Crippen LogP contribution < -0.4 is 11.1 Å². The number of rotatable bonds is 6. The molecule has 0 saturated heterocycles. The first-order chi connectivity index (χ1) is 13.7. The summed E-state index contributed by atoms with van der Waals surface area (Å²) in [5, 5.41) is 3.15. The molecule has 1 atom stereocenters. The average molecular weight is 415 g/mol. The lowest BCUT2D eigenvalue weighted by Crippen LogP contribution is -2.23. The van der Waals surface area contributed by atoms with Crippen LogP contribution in [-0.2, 0) is 33.6 Å². The van der Waals surface area contributed by atoms with Gasteiger partial charge in [-0.15, -0.1) is 11.3 Å². The summed E-state index contributed by atoms with van der Waals surface area (Å²) in [5.41, 5.74) is 9.99. The molecule has 0 bridgehead atoms. The van der Waals surface area contributed by atoms with Gasteiger partial charge in [0.15, 0.2) is 6.61 Å². The summed E-state index contributed by atoms with van der Waals surface area (Å²) >= 11 is 1.39. The van der Waals surface area contributed by atoms with Crippen LogP contribution in [0.3, 0.4) is 0 Å². The Morgan fingerprint density at radius 3 is 2.69 bits per heavy atom. The number of hydrogen-bond donors (Lipinski definition) is 2. The summed E-state index contributed by atoms with van der Waals surface area (Å²) < 4.78 is 5.11. The molecule has 0 spiro atoms. The zero-order valence-electron chi connectivity index (χ0n) is 17.0. The van der Waals surface area contributed by atoms with Crippen molar-refractivity contribution in [1.82, 2.24) is 0 Å². The summed E-state index contributed by atoms with van der Waals surface area (Å²) in [6.45, 7) is 5.75. The van der Waals surface area contributed by atoms with Gasteiger partial charge in [0.25, 0.3) is 11.8 Å². The smallest absolute Gasteiger partial charge is 0.310 e. The molecule has 7 heteroatoms. The molecule has 0 saturated carbocycles. The lowest BCUT2D eigenvalue weighted by atomic mass is 9.88. The van der Waals surface area contributed by atoms with Crippen LogP contribution in [0.4, 0.5) is 5.00 Å². The number of nitrogens with two attached hydrogens (primary N) is 1. The number of aryl methyl sites for hydroxylation is 2. The number of hydrogen-bond acceptors (Lipinski definition) is 5. The summed E-state index contributed by atoms with van der Waals surface area (Å²) in [6.07, 6.45) is 2.76. The van der Waals surface area contributed by atoms with Crippen LogP contribution >= 0.6 is 11.3 Å². The van der Waals surface area contributed by atoms with Crippen LogP contribution in [0.15, 0.2) is 18.2 Å². The van der Waals surface area contributed by atoms with Crippen LogP contribution in [0.5, 0.6) is 0 Å². The van der Waals surface area contributed by atoms with E-state index < -0.39 is 24.4 Å². The Bertz CT molecular complexity index is 964. The zero-order chi connectivity index (χ0) is 21.1. The molecule has 1 aromatic heterocycles. The van der Waals surface area contributed by atoms with E-state index in [1.165, 1.54) is 11.3 Å². The predicted octanol–water partition coefficient (Wildman–Crippen LogP) is 3.31. The number of benzene rings is 1. The van der Waals surface area contributed by atoms with E-state index in [2.05, 4.69) is 12.2 Å². The van der Waals surface area contributed by atoms with Crippen molar-refractivity contribution in [2.45, 2.75) is 46.5 Å². The van der Waals surface area contributed by atoms with Gasteiger partial charge in [0.05, 0.1) is 12.0 Å². The summed E-state index contributed by atoms with van der Waals surface area (Å²) in [4.78, 5) is 37.4. The number of fused-ring (bicyclic) bond motifs is 1. The van der Waals surface area contributed by atoms with Crippen molar-refractivity contribution in [2.24, 2.45) is 11.7 Å². The van der Waals surface area contributed by atoms with Crippen molar-refractivity contribution in [3.8, 4) is 0 Å². The number of ether oxygens (including phenoxy) is 1. The number of carbonyl (C=O) groups is 3. The van der Waals surface area contributed by atoms with Gasteiger partial charge in [0, 0.05) is 4.88 Å². The van der Waals surface area contributed by atoms with Crippen LogP contribution in [0, 0.1) is 19.8 Å². The van der Waals surface area contributed by atoms with Crippen molar-refractivity contribution in [3.63, 3.8) is 0 Å². The largest absolute Gasteiger partial charge is 0.455 e. The SMILES string of the molecule is Cc1ccc(CC(=O)OCC(=O)Nc2sc3c(c2C(N)=O)CC[C@H](C)C3)cc1C. The number of carbonyl (C=O) groups excluding carboxylic acids is 3. The Morgan fingerprint density at radius 1 is 1.24 bits per heavy atom. The lowest BCUT2D eigenvalue weighted by Gasteiger charge is -2.18. The molecule has 0 unspecified atom stereocenters. The lowest BCUT2D eigenvalue weighted by molar-refractivity contribution is -0.146. The summed E-state index contributed by atoms with van der Waals surface area (Å²) in [7, 11) is 0. The average Bonchev–Trinajstić information content (AvgIpc) is 3.00. The second-order valence-corrected chi connectivity index (χ2v) is 8.83. The Kier molecular flexibility index (Phi) is 6.37. The maximum absolute atomic E-state index is 12.3. The Morgan fingerprint density at radius 2 is 2.00 bits per heavy atom. The van der Waals surface area contributed by atoms with E-state index in [1.54, 1.807) is 0 Å². The minimum absolute atomic E-state index is 0.103. The van der Waals surface area contributed by atoms with Gasteiger partial charge in [0.2, 0.25) is 0 Å². The first-order valence-corrected chi connectivity index (χ1v) is 10.5. The Balaban J connectivity index is 1.60. The van der Waals surface area contributed by atoms with Gasteiger partial charge in [-0.1, -0.05) is 25.1 Å². The minimum Gasteiger partial charge on any atom is -0.455 e. The van der Waals surface area contributed by atoms with Crippen molar-refractivity contribution in [3.05, 3.63) is 50.9 Å². The second kappa shape index (κ2) is 8.78. The summed E-state index contributed by atoms with van der Waals surface area (Å²) in [5.74, 6) is -0.957. The fourth-order valence-electron chi connectivity index (χ4n) is 3.54. The first-order valence-electron chi connectivity index (χ1n) is 9.70. The van der Waals surface area contributed by atoms with E-state index in [0.717, 1.165) is 46.4 Å². The number of nitrogens with one attached hydrogen (secondary N) is 1. The molecule has 29 heavy (non-hydrogen) atoms. The molecule has 1 aliphatic carbocycles. The number of esters is 1. The standard InChI is InChI=1S/C22H26N2O4S/c1-12-4-7-16-17(8-12)29-22(20(16)21(23)27)24-18(25)11-28-19(26)10-15-6-5-13(2)14(3)9-15/h5-6,9,12H,4,7-8,10-11H2,1-3H3,(H2,23,27)(H,24,25)/t12-/m0/s1. The molecule has 1 aliphatic rings. The Hall–Kier alpha value is -2.67. The van der Waals surface area contributed by atoms with Crippen molar-refractivity contribution >= 4 is 34.1 Å². The van der Waals surface area contributed by atoms with Crippen molar-refractivity contribution in [2.75, 3.05) is 11.9 Å². The van der Waals surface area contributed by atoms with E-state index in [1.807, 2.05) is 32.0 Å². The van der Waals surface area contributed by atoms with Crippen molar-refractivity contribution < 1.29 is 19.1 Å². The molecule has 0 radical (unpaired) electrons. The third kappa shape index (κ3) is 5.03. The topological polar surface area (TPSA) is 98.5 Å². The van der Waals surface area contributed by atoms with Gasteiger partial charge in [-0.3, -0.25) is 14.4 Å². The van der Waals surface area contributed by atoms with Gasteiger partial charge in [-0.25, -0.2) is 0 Å². The van der Waals surface area contributed by atoms with Gasteiger partial charge in [-0.05, 0) is 61.3 Å². The molecule has 2 aromatic rings. The molecule has 3 rings (SSSR count). The number of amides is 2. The maximum atomic E-state index is 12.3. The first kappa shape index (κ1) is 21.0. The molecular formula is C22H26N2O4S. The molecule has 154 valence electrons. The highest BCUT2D eigenvalue weighted by Gasteiger charge is 2.27. The van der Waals surface area contributed by atoms with Gasteiger partial charge in [0.1, 0.15) is 5.00 Å². The molecule has 6 nitrogen and oxygen atoms in total. The fraction of sp³-hybridized carbons (Fsp3) is 0.409. The van der Waals surface area contributed by atoms with E-state index >= 15 is 0 Å². The van der Waals surface area contributed by atoms with Crippen LogP contribution in [-0.4, -0.2) is 24.4 Å². The highest BCUT2D eigenvalue weighted by molar-refractivity contribution is 7.17. The second-order valence-electron chi connectivity index (χ2n) is 7.72. The van der Waals surface area contributed by atoms with Crippen LogP contribution in [0.2, 0.25) is 0 Å². The highest BCUT2D eigenvalue weighted by atomic mass is 32.1. The third-order valence-corrected chi connectivity index (χ3v) is 6.46. The number of anilines is 1. The minimum atomic E-state index is -0.543. The van der Waals surface area contributed by atoms with E-state index in [-0.39, 0.29) is 6.42 Å². The predicted molar refractivity (Wildman–Crippen MR) is 113 cm³/mol. The molecule has 1 aromatic carbocycles. The molecule has 0 fully saturated rings. The molecule has 0 aliphatic heterocycles. The third-order valence-electron chi connectivity index (χ3n) is 5.30. The molecule has 2 amide bonds. The number of thiophene rings is 1. The molecule has 3 N–H and O–H groups in total. The van der Waals surface area contributed by atoms with Gasteiger partial charge < -0.3 is 15.8 Å².